The number of hydrogen-bond acceptors (Lipinski definition) is 7. The third kappa shape index (κ3) is 6.79. The van der Waals surface area contributed by atoms with Crippen LogP contribution in [-0.2, 0) is 29.2 Å². The number of nitrogens with one attached hydrogen (secondary N) is 2. The van der Waals surface area contributed by atoms with Gasteiger partial charge in [0.15, 0.2) is 5.16 Å². The van der Waals surface area contributed by atoms with Gasteiger partial charge in [0.25, 0.3) is 5.69 Å². The minimum Gasteiger partial charge on any atom is -0.326 e. The molecular weight excluding hydrogens is 489 g/mol. The molecule has 0 radical (unpaired) electrons. The van der Waals surface area contributed by atoms with E-state index in [9.17, 15) is 32.9 Å². The van der Waals surface area contributed by atoms with E-state index in [4.69, 9.17) is 0 Å². The van der Waals surface area contributed by atoms with Crippen LogP contribution >= 0.6 is 11.8 Å². The lowest BCUT2D eigenvalue weighted by molar-refractivity contribution is -0.384. The SMILES string of the molecule is Cc1ccc([N+](=O)[O-])cc1NC(=O)CSc1nnc(CC(=O)Nc2cccc(C(F)(F)F)c2)n1C. The molecule has 0 saturated carbocycles. The Kier molecular flexibility index (Phi) is 7.74. The number of carbonyl (C=O) groups excluding carboxylic acids is 2. The average Bonchev–Trinajstić information content (AvgIpc) is 3.12. The Hall–Kier alpha value is -3.94. The monoisotopic (exact) mass is 508 g/mol. The third-order valence-electron chi connectivity index (χ3n) is 4.76. The third-order valence-corrected chi connectivity index (χ3v) is 5.78. The van der Waals surface area contributed by atoms with Crippen LogP contribution in [0.15, 0.2) is 47.6 Å². The van der Waals surface area contributed by atoms with Crippen molar-refractivity contribution in [3.63, 3.8) is 0 Å². The minimum absolute atomic E-state index is 0.00490. The van der Waals surface area contributed by atoms with Crippen molar-refractivity contribution in [1.82, 2.24) is 14.8 Å². The smallest absolute Gasteiger partial charge is 0.326 e. The van der Waals surface area contributed by atoms with Crippen molar-refractivity contribution in [2.45, 2.75) is 24.7 Å². The van der Waals surface area contributed by atoms with Crippen molar-refractivity contribution < 1.29 is 27.7 Å². The molecule has 0 saturated heterocycles. The van der Waals surface area contributed by atoms with Crippen LogP contribution in [0.3, 0.4) is 0 Å². The van der Waals surface area contributed by atoms with Crippen molar-refractivity contribution in [3.05, 3.63) is 69.5 Å². The fourth-order valence-corrected chi connectivity index (χ4v) is 3.65. The average molecular weight is 508 g/mol. The molecular formula is C21H19F3N6O4S. The van der Waals surface area contributed by atoms with Crippen LogP contribution in [0.4, 0.5) is 30.2 Å². The van der Waals surface area contributed by atoms with Gasteiger partial charge in [0.05, 0.1) is 28.3 Å². The molecule has 0 aliphatic carbocycles. The predicted octanol–water partition coefficient (Wildman–Crippen LogP) is 3.96. The Labute approximate surface area is 201 Å². The fraction of sp³-hybridized carbons (Fsp3) is 0.238. The number of nitrogens with zero attached hydrogens (tertiary/aromatic N) is 4. The molecule has 184 valence electrons. The summed E-state index contributed by atoms with van der Waals surface area (Å²) in [4.78, 5) is 35.0. The summed E-state index contributed by atoms with van der Waals surface area (Å²) in [5, 5.41) is 24.1. The minimum atomic E-state index is -4.53. The molecule has 0 aliphatic heterocycles. The normalized spacial score (nSPS) is 11.2. The Balaban J connectivity index is 1.57. The first kappa shape index (κ1) is 25.7. The number of nitro groups is 1. The lowest BCUT2D eigenvalue weighted by atomic mass is 10.2. The zero-order valence-electron chi connectivity index (χ0n) is 18.4. The van der Waals surface area contributed by atoms with E-state index in [0.29, 0.717) is 16.4 Å². The maximum atomic E-state index is 12.8. The van der Waals surface area contributed by atoms with Crippen LogP contribution in [0.1, 0.15) is 17.0 Å². The largest absolute Gasteiger partial charge is 0.416 e. The summed E-state index contributed by atoms with van der Waals surface area (Å²) in [6, 6.07) is 8.39. The number of amides is 2. The van der Waals surface area contributed by atoms with Crippen molar-refractivity contribution in [2.75, 3.05) is 16.4 Å². The summed E-state index contributed by atoms with van der Waals surface area (Å²) in [5.41, 5.74) is -0.0720. The summed E-state index contributed by atoms with van der Waals surface area (Å²) in [6.45, 7) is 1.70. The van der Waals surface area contributed by atoms with Crippen LogP contribution in [0.2, 0.25) is 0 Å². The van der Waals surface area contributed by atoms with E-state index >= 15 is 0 Å². The molecule has 14 heteroatoms. The lowest BCUT2D eigenvalue weighted by Crippen LogP contribution is -2.18. The zero-order valence-corrected chi connectivity index (χ0v) is 19.2. The number of rotatable bonds is 8. The summed E-state index contributed by atoms with van der Waals surface area (Å²) in [5.74, 6) is -0.850. The van der Waals surface area contributed by atoms with Gasteiger partial charge < -0.3 is 15.2 Å². The number of benzene rings is 2. The Morgan fingerprint density at radius 3 is 2.54 bits per heavy atom. The molecule has 2 amide bonds. The lowest BCUT2D eigenvalue weighted by Gasteiger charge is -2.10. The molecule has 3 rings (SSSR count). The standard InChI is InChI=1S/C21H19F3N6O4S/c1-12-6-7-15(30(33)34)9-16(12)26-19(32)11-35-20-28-27-17(29(20)2)10-18(31)25-14-5-3-4-13(8-14)21(22,23)24/h3-9H,10-11H2,1-2H3,(H,25,31)(H,26,32). The second-order valence-corrected chi connectivity index (χ2v) is 8.30. The molecule has 0 bridgehead atoms. The van der Waals surface area contributed by atoms with E-state index in [0.717, 1.165) is 23.9 Å². The molecule has 2 N–H and O–H groups in total. The number of non-ortho nitro benzene ring substituents is 1. The van der Waals surface area contributed by atoms with E-state index in [1.54, 1.807) is 14.0 Å². The van der Waals surface area contributed by atoms with E-state index in [1.165, 1.54) is 34.9 Å². The van der Waals surface area contributed by atoms with E-state index < -0.39 is 28.5 Å². The van der Waals surface area contributed by atoms with Gasteiger partial charge in [-0.05, 0) is 30.7 Å². The number of halogens is 3. The topological polar surface area (TPSA) is 132 Å². The summed E-state index contributed by atoms with van der Waals surface area (Å²) in [7, 11) is 1.58. The van der Waals surface area contributed by atoms with E-state index in [2.05, 4.69) is 20.8 Å². The molecule has 1 heterocycles. The molecule has 1 aromatic heterocycles. The number of nitro benzene ring substituents is 1. The Morgan fingerprint density at radius 2 is 1.86 bits per heavy atom. The van der Waals surface area contributed by atoms with Crippen LogP contribution in [0.25, 0.3) is 0 Å². The summed E-state index contributed by atoms with van der Waals surface area (Å²) in [6.07, 6.45) is -4.78. The van der Waals surface area contributed by atoms with Crippen LogP contribution in [-0.4, -0.2) is 37.3 Å². The molecule has 35 heavy (non-hydrogen) atoms. The number of thioether (sulfide) groups is 1. The molecule has 0 atom stereocenters. The maximum Gasteiger partial charge on any atom is 0.416 e. The van der Waals surface area contributed by atoms with Crippen molar-refractivity contribution in [1.29, 1.82) is 0 Å². The highest BCUT2D eigenvalue weighted by molar-refractivity contribution is 7.99. The summed E-state index contributed by atoms with van der Waals surface area (Å²) >= 11 is 1.03. The van der Waals surface area contributed by atoms with E-state index in [-0.39, 0.29) is 29.4 Å². The Morgan fingerprint density at radius 1 is 1.11 bits per heavy atom. The number of carbonyl (C=O) groups is 2. The summed E-state index contributed by atoms with van der Waals surface area (Å²) < 4.78 is 40.0. The van der Waals surface area contributed by atoms with Gasteiger partial charge in [-0.25, -0.2) is 0 Å². The number of aryl methyl sites for hydroxylation is 1. The first-order valence-corrected chi connectivity index (χ1v) is 11.0. The second kappa shape index (κ2) is 10.5. The van der Waals surface area contributed by atoms with Crippen molar-refractivity contribution >= 4 is 40.6 Å². The maximum absolute atomic E-state index is 12.8. The molecule has 0 unspecified atom stereocenters. The van der Waals surface area contributed by atoms with Gasteiger partial charge in [-0.3, -0.25) is 19.7 Å². The number of hydrogen-bond donors (Lipinski definition) is 2. The van der Waals surface area contributed by atoms with Crippen molar-refractivity contribution in [3.8, 4) is 0 Å². The van der Waals surface area contributed by atoms with Gasteiger partial charge in [-0.2, -0.15) is 13.2 Å². The number of aromatic nitrogens is 3. The van der Waals surface area contributed by atoms with Gasteiger partial charge in [0, 0.05) is 24.9 Å². The fourth-order valence-electron chi connectivity index (χ4n) is 2.92. The van der Waals surface area contributed by atoms with Gasteiger partial charge in [-0.1, -0.05) is 23.9 Å². The molecule has 0 aliphatic rings. The van der Waals surface area contributed by atoms with Gasteiger partial charge >= 0.3 is 6.18 Å². The molecule has 0 fully saturated rings. The highest BCUT2D eigenvalue weighted by atomic mass is 32.2. The predicted molar refractivity (Wildman–Crippen MR) is 122 cm³/mol. The highest BCUT2D eigenvalue weighted by Gasteiger charge is 2.30. The van der Waals surface area contributed by atoms with Gasteiger partial charge in [-0.15, -0.1) is 10.2 Å². The highest BCUT2D eigenvalue weighted by Crippen LogP contribution is 2.30. The number of alkyl halides is 3. The van der Waals surface area contributed by atoms with Gasteiger partial charge in [0.2, 0.25) is 11.8 Å². The Bertz CT molecular complexity index is 1280. The van der Waals surface area contributed by atoms with Crippen LogP contribution in [0.5, 0.6) is 0 Å². The first-order valence-electron chi connectivity index (χ1n) is 9.97. The van der Waals surface area contributed by atoms with Crippen LogP contribution < -0.4 is 10.6 Å². The molecule has 0 spiro atoms. The van der Waals surface area contributed by atoms with Gasteiger partial charge in [0.1, 0.15) is 5.82 Å². The first-order chi connectivity index (χ1) is 16.4. The zero-order chi connectivity index (χ0) is 25.8. The molecule has 2 aromatic carbocycles. The van der Waals surface area contributed by atoms with E-state index in [1.807, 2.05) is 0 Å². The molecule has 3 aromatic rings. The number of anilines is 2. The quantitative estimate of drug-likeness (QED) is 0.267. The molecule has 10 nitrogen and oxygen atoms in total. The second-order valence-electron chi connectivity index (χ2n) is 7.35. The van der Waals surface area contributed by atoms with Crippen LogP contribution in [0, 0.1) is 17.0 Å². The van der Waals surface area contributed by atoms with Crippen molar-refractivity contribution in [2.24, 2.45) is 7.05 Å².